The van der Waals surface area contributed by atoms with Crippen molar-refractivity contribution >= 4 is 11.4 Å². The van der Waals surface area contributed by atoms with E-state index in [4.69, 9.17) is 5.73 Å². The summed E-state index contributed by atoms with van der Waals surface area (Å²) in [6.45, 7) is 3.38. The van der Waals surface area contributed by atoms with Gasteiger partial charge >= 0.3 is 0 Å². The van der Waals surface area contributed by atoms with E-state index in [1.165, 1.54) is 37.8 Å². The fourth-order valence-electron chi connectivity index (χ4n) is 1.81. The Morgan fingerprint density at radius 3 is 2.25 bits per heavy atom. The van der Waals surface area contributed by atoms with Gasteiger partial charge in [-0.05, 0) is 30.7 Å². The molecule has 0 atom stereocenters. The lowest BCUT2D eigenvalue weighted by Crippen LogP contribution is -2.18. The molecular formula is C14H24N2. The highest BCUT2D eigenvalue weighted by atomic mass is 15.1. The monoisotopic (exact) mass is 220 g/mol. The van der Waals surface area contributed by atoms with E-state index in [1.807, 2.05) is 12.1 Å². The second kappa shape index (κ2) is 7.15. The van der Waals surface area contributed by atoms with Crippen LogP contribution in [0.3, 0.4) is 0 Å². The highest BCUT2D eigenvalue weighted by Gasteiger charge is 1.99. The lowest BCUT2D eigenvalue weighted by atomic mass is 10.1. The fourth-order valence-corrected chi connectivity index (χ4v) is 1.81. The second-order valence-electron chi connectivity index (χ2n) is 4.43. The standard InChI is InChI=1S/C14H24N2/c1-3-4-5-6-7-12-16(2)14-10-8-13(15)9-11-14/h8-11H,3-7,12,15H2,1-2H3. The van der Waals surface area contributed by atoms with Gasteiger partial charge in [-0.25, -0.2) is 0 Å². The molecule has 1 aromatic rings. The Balaban J connectivity index is 2.24. The van der Waals surface area contributed by atoms with Crippen molar-refractivity contribution in [1.29, 1.82) is 0 Å². The number of unbranched alkanes of at least 4 members (excludes halogenated alkanes) is 4. The van der Waals surface area contributed by atoms with Crippen molar-refractivity contribution in [3.05, 3.63) is 24.3 Å². The van der Waals surface area contributed by atoms with Crippen molar-refractivity contribution in [2.75, 3.05) is 24.2 Å². The minimum atomic E-state index is 0.833. The van der Waals surface area contributed by atoms with Gasteiger partial charge in [0.15, 0.2) is 0 Å². The van der Waals surface area contributed by atoms with Gasteiger partial charge in [0.05, 0.1) is 0 Å². The van der Waals surface area contributed by atoms with Crippen molar-refractivity contribution in [2.45, 2.75) is 39.0 Å². The first kappa shape index (κ1) is 12.9. The maximum atomic E-state index is 5.66. The third-order valence-electron chi connectivity index (χ3n) is 2.93. The number of nitrogens with two attached hydrogens (primary N) is 1. The quantitative estimate of drug-likeness (QED) is 0.561. The van der Waals surface area contributed by atoms with Crippen LogP contribution in [0.5, 0.6) is 0 Å². The van der Waals surface area contributed by atoms with Gasteiger partial charge in [0.1, 0.15) is 0 Å². The Hall–Kier alpha value is -1.18. The molecule has 0 aromatic heterocycles. The normalized spacial score (nSPS) is 10.4. The predicted octanol–water partition coefficient (Wildman–Crippen LogP) is 3.68. The summed E-state index contributed by atoms with van der Waals surface area (Å²) < 4.78 is 0. The lowest BCUT2D eigenvalue weighted by molar-refractivity contribution is 0.629. The number of hydrogen-bond acceptors (Lipinski definition) is 2. The Morgan fingerprint density at radius 2 is 1.62 bits per heavy atom. The molecule has 1 rings (SSSR count). The highest BCUT2D eigenvalue weighted by molar-refractivity contribution is 5.52. The minimum Gasteiger partial charge on any atom is -0.399 e. The van der Waals surface area contributed by atoms with E-state index in [1.54, 1.807) is 0 Å². The third kappa shape index (κ3) is 4.56. The molecule has 2 nitrogen and oxygen atoms in total. The molecule has 0 saturated heterocycles. The van der Waals surface area contributed by atoms with Crippen LogP contribution in [0.1, 0.15) is 39.0 Å². The molecular weight excluding hydrogens is 196 g/mol. The molecule has 0 aliphatic carbocycles. The van der Waals surface area contributed by atoms with Crippen LogP contribution < -0.4 is 10.6 Å². The topological polar surface area (TPSA) is 29.3 Å². The van der Waals surface area contributed by atoms with E-state index < -0.39 is 0 Å². The Kier molecular flexibility index (Phi) is 5.76. The molecule has 0 spiro atoms. The van der Waals surface area contributed by atoms with Crippen LogP contribution in [0.2, 0.25) is 0 Å². The molecule has 0 heterocycles. The first-order valence-electron chi connectivity index (χ1n) is 6.30. The summed E-state index contributed by atoms with van der Waals surface area (Å²) in [5.74, 6) is 0. The number of benzene rings is 1. The molecule has 16 heavy (non-hydrogen) atoms. The van der Waals surface area contributed by atoms with Crippen LogP contribution in [0.4, 0.5) is 11.4 Å². The molecule has 0 fully saturated rings. The molecule has 0 bridgehead atoms. The Bertz CT molecular complexity index is 279. The minimum absolute atomic E-state index is 0.833. The van der Waals surface area contributed by atoms with E-state index in [0.717, 1.165) is 12.2 Å². The van der Waals surface area contributed by atoms with E-state index in [0.29, 0.717) is 0 Å². The highest BCUT2D eigenvalue weighted by Crippen LogP contribution is 2.15. The number of nitrogens with zero attached hydrogens (tertiary/aromatic N) is 1. The van der Waals surface area contributed by atoms with E-state index in [-0.39, 0.29) is 0 Å². The summed E-state index contributed by atoms with van der Waals surface area (Å²) in [7, 11) is 2.14. The molecule has 0 radical (unpaired) electrons. The van der Waals surface area contributed by atoms with E-state index in [2.05, 4.69) is 31.0 Å². The van der Waals surface area contributed by atoms with Gasteiger partial charge in [0.2, 0.25) is 0 Å². The molecule has 0 saturated carbocycles. The van der Waals surface area contributed by atoms with Gasteiger partial charge in [-0.1, -0.05) is 32.6 Å². The molecule has 0 amide bonds. The summed E-state index contributed by atoms with van der Waals surface area (Å²) in [4.78, 5) is 2.30. The van der Waals surface area contributed by atoms with Crippen LogP contribution >= 0.6 is 0 Å². The van der Waals surface area contributed by atoms with Gasteiger partial charge in [0, 0.05) is 25.0 Å². The molecule has 1 aromatic carbocycles. The molecule has 0 aliphatic rings. The van der Waals surface area contributed by atoms with Crippen molar-refractivity contribution < 1.29 is 0 Å². The number of rotatable bonds is 7. The zero-order valence-corrected chi connectivity index (χ0v) is 10.6. The van der Waals surface area contributed by atoms with Gasteiger partial charge < -0.3 is 10.6 Å². The number of nitrogen functional groups attached to an aromatic ring is 1. The summed E-state index contributed by atoms with van der Waals surface area (Å²) in [6.07, 6.45) is 6.67. The summed E-state index contributed by atoms with van der Waals surface area (Å²) in [5, 5.41) is 0. The van der Waals surface area contributed by atoms with Crippen LogP contribution in [0.25, 0.3) is 0 Å². The number of anilines is 2. The maximum Gasteiger partial charge on any atom is 0.0365 e. The van der Waals surface area contributed by atoms with Gasteiger partial charge in [-0.15, -0.1) is 0 Å². The number of hydrogen-bond donors (Lipinski definition) is 1. The zero-order chi connectivity index (χ0) is 11.8. The first-order valence-corrected chi connectivity index (χ1v) is 6.30. The SMILES string of the molecule is CCCCCCCN(C)c1ccc(N)cc1. The third-order valence-corrected chi connectivity index (χ3v) is 2.93. The van der Waals surface area contributed by atoms with E-state index in [9.17, 15) is 0 Å². The summed E-state index contributed by atoms with van der Waals surface area (Å²) in [6, 6.07) is 8.09. The van der Waals surface area contributed by atoms with E-state index >= 15 is 0 Å². The van der Waals surface area contributed by atoms with Crippen LogP contribution in [0, 0.1) is 0 Å². The average Bonchev–Trinajstić information content (AvgIpc) is 2.29. The van der Waals surface area contributed by atoms with Crippen molar-refractivity contribution in [3.63, 3.8) is 0 Å². The molecule has 2 heteroatoms. The van der Waals surface area contributed by atoms with Crippen molar-refractivity contribution in [1.82, 2.24) is 0 Å². The van der Waals surface area contributed by atoms with Gasteiger partial charge in [0.25, 0.3) is 0 Å². The molecule has 0 aliphatic heterocycles. The fraction of sp³-hybridized carbons (Fsp3) is 0.571. The summed E-state index contributed by atoms with van der Waals surface area (Å²) >= 11 is 0. The molecule has 2 N–H and O–H groups in total. The van der Waals surface area contributed by atoms with Gasteiger partial charge in [-0.3, -0.25) is 0 Å². The Labute approximate surface area is 99.5 Å². The smallest absolute Gasteiger partial charge is 0.0365 e. The van der Waals surface area contributed by atoms with Crippen LogP contribution in [-0.4, -0.2) is 13.6 Å². The predicted molar refractivity (Wildman–Crippen MR) is 72.9 cm³/mol. The second-order valence-corrected chi connectivity index (χ2v) is 4.43. The molecule has 90 valence electrons. The van der Waals surface area contributed by atoms with Crippen molar-refractivity contribution in [3.8, 4) is 0 Å². The van der Waals surface area contributed by atoms with Crippen molar-refractivity contribution in [2.24, 2.45) is 0 Å². The Morgan fingerprint density at radius 1 is 1.00 bits per heavy atom. The zero-order valence-electron chi connectivity index (χ0n) is 10.6. The first-order chi connectivity index (χ1) is 7.74. The largest absolute Gasteiger partial charge is 0.399 e. The van der Waals surface area contributed by atoms with Gasteiger partial charge in [-0.2, -0.15) is 0 Å². The molecule has 0 unspecified atom stereocenters. The van der Waals surface area contributed by atoms with Crippen LogP contribution in [0.15, 0.2) is 24.3 Å². The van der Waals surface area contributed by atoms with Crippen LogP contribution in [-0.2, 0) is 0 Å². The average molecular weight is 220 g/mol. The summed E-state index contributed by atoms with van der Waals surface area (Å²) in [5.41, 5.74) is 7.75. The lowest BCUT2D eigenvalue weighted by Gasteiger charge is -2.19. The maximum absolute atomic E-state index is 5.66.